The van der Waals surface area contributed by atoms with Gasteiger partial charge in [0, 0.05) is 24.8 Å². The summed E-state index contributed by atoms with van der Waals surface area (Å²) in [5.74, 6) is 0.750. The van der Waals surface area contributed by atoms with E-state index in [0.29, 0.717) is 31.3 Å². The van der Waals surface area contributed by atoms with Crippen LogP contribution in [0, 0.1) is 5.92 Å². The van der Waals surface area contributed by atoms with Crippen molar-refractivity contribution in [3.8, 4) is 0 Å². The Labute approximate surface area is 140 Å². The number of hydrogen-bond donors (Lipinski definition) is 1. The number of Topliss-reactive ketones (excluding diaryl/α,β-unsaturated/α-hetero) is 1. The van der Waals surface area contributed by atoms with Crippen molar-refractivity contribution in [2.24, 2.45) is 5.92 Å². The van der Waals surface area contributed by atoms with Crippen molar-refractivity contribution in [3.63, 3.8) is 0 Å². The van der Waals surface area contributed by atoms with Gasteiger partial charge in [-0.3, -0.25) is 9.59 Å². The van der Waals surface area contributed by atoms with E-state index in [2.05, 4.69) is 12.2 Å². The number of amides is 1. The second kappa shape index (κ2) is 10.1. The fourth-order valence-corrected chi connectivity index (χ4v) is 3.86. The van der Waals surface area contributed by atoms with E-state index < -0.39 is 0 Å². The van der Waals surface area contributed by atoms with Crippen molar-refractivity contribution in [1.29, 1.82) is 0 Å². The van der Waals surface area contributed by atoms with Crippen molar-refractivity contribution < 1.29 is 14.3 Å². The third kappa shape index (κ3) is 6.62. The van der Waals surface area contributed by atoms with Crippen LogP contribution in [0.2, 0.25) is 0 Å². The molecule has 0 aromatic heterocycles. The molecule has 0 heterocycles. The Hall–Kier alpha value is -0.900. The van der Waals surface area contributed by atoms with E-state index >= 15 is 0 Å². The van der Waals surface area contributed by atoms with E-state index in [1.165, 1.54) is 19.3 Å². The van der Waals surface area contributed by atoms with E-state index in [1.54, 1.807) is 0 Å². The summed E-state index contributed by atoms with van der Waals surface area (Å²) in [5.41, 5.74) is 0. The first-order chi connectivity index (χ1) is 11.2. The molecule has 4 nitrogen and oxygen atoms in total. The minimum atomic E-state index is 0.101. The Kier molecular flexibility index (Phi) is 8.07. The molecule has 0 aliphatic heterocycles. The van der Waals surface area contributed by atoms with Crippen LogP contribution in [-0.2, 0) is 14.3 Å². The highest BCUT2D eigenvalue weighted by Gasteiger charge is 2.26. The van der Waals surface area contributed by atoms with Crippen LogP contribution in [0.15, 0.2) is 0 Å². The molecule has 132 valence electrons. The Morgan fingerprint density at radius 3 is 2.30 bits per heavy atom. The molecule has 0 atom stereocenters. The first kappa shape index (κ1) is 18.4. The van der Waals surface area contributed by atoms with Gasteiger partial charge in [-0.2, -0.15) is 0 Å². The summed E-state index contributed by atoms with van der Waals surface area (Å²) in [6, 6.07) is 0.253. The predicted molar refractivity (Wildman–Crippen MR) is 91.2 cm³/mol. The average Bonchev–Trinajstić information content (AvgIpc) is 2.57. The molecule has 0 aromatic rings. The maximum atomic E-state index is 12.0. The molecule has 0 unspecified atom stereocenters. The van der Waals surface area contributed by atoms with Crippen LogP contribution >= 0.6 is 0 Å². The maximum Gasteiger partial charge on any atom is 0.222 e. The average molecular weight is 323 g/mol. The molecular formula is C19H33NO3. The Balaban J connectivity index is 1.56. The summed E-state index contributed by atoms with van der Waals surface area (Å²) >= 11 is 0. The van der Waals surface area contributed by atoms with Crippen LogP contribution in [0.1, 0.15) is 84.0 Å². The fourth-order valence-electron chi connectivity index (χ4n) is 3.86. The van der Waals surface area contributed by atoms with Gasteiger partial charge in [-0.05, 0) is 44.9 Å². The maximum absolute atomic E-state index is 12.0. The van der Waals surface area contributed by atoms with Gasteiger partial charge >= 0.3 is 0 Å². The third-order valence-electron chi connectivity index (χ3n) is 5.28. The summed E-state index contributed by atoms with van der Waals surface area (Å²) in [6.45, 7) is 2.60. The normalized spacial score (nSPS) is 26.0. The molecule has 4 heteroatoms. The minimum Gasteiger partial charge on any atom is -0.378 e. The fraction of sp³-hybridized carbons (Fsp3) is 0.895. The van der Waals surface area contributed by atoms with Crippen molar-refractivity contribution in [2.75, 3.05) is 6.61 Å². The topological polar surface area (TPSA) is 55.4 Å². The summed E-state index contributed by atoms with van der Waals surface area (Å²) in [4.78, 5) is 23.9. The van der Waals surface area contributed by atoms with Crippen molar-refractivity contribution in [1.82, 2.24) is 5.32 Å². The molecule has 1 N–H and O–H groups in total. The van der Waals surface area contributed by atoms with Gasteiger partial charge in [0.05, 0.1) is 12.7 Å². The lowest BCUT2D eigenvalue weighted by atomic mass is 9.82. The molecule has 2 aliphatic rings. The molecular weight excluding hydrogens is 290 g/mol. The van der Waals surface area contributed by atoms with Crippen LogP contribution in [0.4, 0.5) is 0 Å². The van der Waals surface area contributed by atoms with E-state index in [9.17, 15) is 9.59 Å². The quantitative estimate of drug-likeness (QED) is 0.740. The zero-order valence-electron chi connectivity index (χ0n) is 14.6. The molecule has 0 spiro atoms. The lowest BCUT2D eigenvalue weighted by Crippen LogP contribution is -2.39. The molecule has 0 aromatic carbocycles. The third-order valence-corrected chi connectivity index (χ3v) is 5.28. The Morgan fingerprint density at radius 1 is 0.957 bits per heavy atom. The van der Waals surface area contributed by atoms with E-state index in [4.69, 9.17) is 4.74 Å². The number of carbonyl (C=O) groups excluding carboxylic acids is 2. The molecule has 2 rings (SSSR count). The van der Waals surface area contributed by atoms with Crippen LogP contribution < -0.4 is 5.32 Å². The van der Waals surface area contributed by atoms with Gasteiger partial charge in [-0.25, -0.2) is 0 Å². The zero-order chi connectivity index (χ0) is 16.5. The largest absolute Gasteiger partial charge is 0.378 e. The predicted octanol–water partition coefficient (Wildman–Crippen LogP) is 3.77. The lowest BCUT2D eigenvalue weighted by Gasteiger charge is -2.28. The summed E-state index contributed by atoms with van der Waals surface area (Å²) in [6.07, 6.45) is 12.4. The second-order valence-corrected chi connectivity index (χ2v) is 7.21. The molecule has 2 fully saturated rings. The van der Waals surface area contributed by atoms with E-state index in [-0.39, 0.29) is 17.9 Å². The van der Waals surface area contributed by atoms with Crippen LogP contribution in [-0.4, -0.2) is 30.4 Å². The molecule has 2 aliphatic carbocycles. The summed E-state index contributed by atoms with van der Waals surface area (Å²) in [7, 11) is 0. The zero-order valence-corrected chi connectivity index (χ0v) is 14.6. The number of rotatable bonds is 8. The van der Waals surface area contributed by atoms with Gasteiger partial charge in [0.25, 0.3) is 0 Å². The molecule has 0 saturated heterocycles. The van der Waals surface area contributed by atoms with Crippen LogP contribution in [0.3, 0.4) is 0 Å². The Bertz CT molecular complexity index is 369. The first-order valence-electron chi connectivity index (χ1n) is 9.62. The van der Waals surface area contributed by atoms with Gasteiger partial charge in [-0.1, -0.05) is 26.2 Å². The minimum absolute atomic E-state index is 0.101. The highest BCUT2D eigenvalue weighted by Crippen LogP contribution is 2.26. The van der Waals surface area contributed by atoms with Gasteiger partial charge in [0.2, 0.25) is 5.91 Å². The second-order valence-electron chi connectivity index (χ2n) is 7.21. The van der Waals surface area contributed by atoms with Crippen LogP contribution in [0.25, 0.3) is 0 Å². The standard InChI is InChI=1S/C19H33NO3/c1-2-6-18(21)15-9-11-16(12-10-15)20-19(22)13-14-23-17-7-4-3-5-8-17/h15-17H,2-14H2,1H3,(H,20,22). The number of ketones is 1. The van der Waals surface area contributed by atoms with Gasteiger partial charge in [-0.15, -0.1) is 0 Å². The summed E-state index contributed by atoms with van der Waals surface area (Å²) in [5, 5.41) is 3.12. The first-order valence-corrected chi connectivity index (χ1v) is 9.62. The molecule has 0 radical (unpaired) electrons. The van der Waals surface area contributed by atoms with Gasteiger partial charge < -0.3 is 10.1 Å². The highest BCUT2D eigenvalue weighted by atomic mass is 16.5. The Morgan fingerprint density at radius 2 is 1.65 bits per heavy atom. The molecule has 0 bridgehead atoms. The number of carbonyl (C=O) groups is 2. The van der Waals surface area contributed by atoms with Crippen molar-refractivity contribution in [3.05, 3.63) is 0 Å². The smallest absolute Gasteiger partial charge is 0.222 e. The van der Waals surface area contributed by atoms with Gasteiger partial charge in [0.1, 0.15) is 5.78 Å². The van der Waals surface area contributed by atoms with Crippen LogP contribution in [0.5, 0.6) is 0 Å². The SMILES string of the molecule is CCCC(=O)C1CCC(NC(=O)CCOC2CCCCC2)CC1. The molecule has 2 saturated carbocycles. The van der Waals surface area contributed by atoms with Crippen molar-refractivity contribution in [2.45, 2.75) is 96.1 Å². The molecule has 1 amide bonds. The number of hydrogen-bond acceptors (Lipinski definition) is 3. The van der Waals surface area contributed by atoms with Crippen molar-refractivity contribution >= 4 is 11.7 Å². The van der Waals surface area contributed by atoms with E-state index in [1.807, 2.05) is 0 Å². The number of ether oxygens (including phenoxy) is 1. The lowest BCUT2D eigenvalue weighted by molar-refractivity contribution is -0.124. The highest BCUT2D eigenvalue weighted by molar-refractivity contribution is 5.81. The monoisotopic (exact) mass is 323 g/mol. The van der Waals surface area contributed by atoms with Gasteiger partial charge in [0.15, 0.2) is 0 Å². The van der Waals surface area contributed by atoms with E-state index in [0.717, 1.165) is 44.9 Å². The number of nitrogens with one attached hydrogen (secondary N) is 1. The summed E-state index contributed by atoms with van der Waals surface area (Å²) < 4.78 is 5.81. The molecule has 23 heavy (non-hydrogen) atoms.